The van der Waals surface area contributed by atoms with Gasteiger partial charge in [0.2, 0.25) is 0 Å². The van der Waals surface area contributed by atoms with E-state index < -0.39 is 5.91 Å². The molecule has 0 aliphatic rings. The van der Waals surface area contributed by atoms with Gasteiger partial charge in [-0.15, -0.1) is 0 Å². The van der Waals surface area contributed by atoms with Gasteiger partial charge in [0.25, 0.3) is 11.8 Å². The van der Waals surface area contributed by atoms with Gasteiger partial charge < -0.3 is 10.6 Å². The lowest BCUT2D eigenvalue weighted by Crippen LogP contribution is -2.21. The number of hydrogen-bond acceptors (Lipinski definition) is 5. The predicted octanol–water partition coefficient (Wildman–Crippen LogP) is 4.33. The molecule has 7 nitrogen and oxygen atoms in total. The predicted molar refractivity (Wildman–Crippen MR) is 112 cm³/mol. The number of benzene rings is 1. The molecule has 0 aliphatic carbocycles. The highest BCUT2D eigenvalue weighted by atomic mass is 35.5. The fraction of sp³-hybridized carbons (Fsp3) is 0.190. The fourth-order valence-corrected chi connectivity index (χ4v) is 2.65. The minimum Gasteiger partial charge on any atom is -0.319 e. The van der Waals surface area contributed by atoms with Crippen LogP contribution in [0.1, 0.15) is 47.2 Å². The Hall–Kier alpha value is -3.32. The lowest BCUT2D eigenvalue weighted by molar-refractivity contribution is 0.102. The second kappa shape index (κ2) is 8.36. The molecule has 2 N–H and O–H groups in total. The summed E-state index contributed by atoms with van der Waals surface area (Å²) in [4.78, 5) is 37.2. The van der Waals surface area contributed by atoms with Gasteiger partial charge in [0.1, 0.15) is 5.15 Å². The third-order valence-corrected chi connectivity index (χ3v) is 4.37. The van der Waals surface area contributed by atoms with E-state index in [1.165, 1.54) is 18.6 Å². The van der Waals surface area contributed by atoms with Crippen LogP contribution in [0, 0.1) is 0 Å². The van der Waals surface area contributed by atoms with E-state index in [0.717, 1.165) is 5.56 Å². The van der Waals surface area contributed by atoms with Crippen LogP contribution < -0.4 is 10.6 Å². The summed E-state index contributed by atoms with van der Waals surface area (Å²) >= 11 is 5.75. The normalized spacial score (nSPS) is 11.0. The van der Waals surface area contributed by atoms with Crippen LogP contribution in [0.5, 0.6) is 0 Å². The quantitative estimate of drug-likeness (QED) is 0.625. The Balaban J connectivity index is 1.77. The number of amides is 2. The zero-order valence-corrected chi connectivity index (χ0v) is 17.0. The molecule has 0 spiro atoms. The van der Waals surface area contributed by atoms with Crippen molar-refractivity contribution in [2.24, 2.45) is 0 Å². The van der Waals surface area contributed by atoms with Crippen LogP contribution in [0.2, 0.25) is 5.15 Å². The molecular weight excluding hydrogens is 390 g/mol. The van der Waals surface area contributed by atoms with Crippen molar-refractivity contribution in [3.05, 3.63) is 77.0 Å². The summed E-state index contributed by atoms with van der Waals surface area (Å²) in [5.74, 6) is -0.842. The highest BCUT2D eigenvalue weighted by molar-refractivity contribution is 6.29. The molecule has 0 bridgehead atoms. The van der Waals surface area contributed by atoms with Crippen molar-refractivity contribution in [2.75, 3.05) is 10.6 Å². The number of carbonyl (C=O) groups excluding carboxylic acids is 2. The van der Waals surface area contributed by atoms with Crippen molar-refractivity contribution in [3.63, 3.8) is 0 Å². The molecule has 0 saturated carbocycles. The summed E-state index contributed by atoms with van der Waals surface area (Å²) in [6, 6.07) is 10.5. The highest BCUT2D eigenvalue weighted by Gasteiger charge is 2.18. The van der Waals surface area contributed by atoms with Crippen LogP contribution in [0.15, 0.2) is 55.0 Å². The molecule has 3 aromatic rings. The Morgan fingerprint density at radius 3 is 2.17 bits per heavy atom. The molecule has 29 heavy (non-hydrogen) atoms. The Morgan fingerprint density at radius 2 is 1.55 bits per heavy atom. The van der Waals surface area contributed by atoms with Gasteiger partial charge in [0.05, 0.1) is 11.9 Å². The van der Waals surface area contributed by atoms with Gasteiger partial charge in [-0.3, -0.25) is 9.59 Å². The van der Waals surface area contributed by atoms with E-state index in [2.05, 4.69) is 46.4 Å². The van der Waals surface area contributed by atoms with Gasteiger partial charge in [-0.25, -0.2) is 15.0 Å². The van der Waals surface area contributed by atoms with E-state index in [0.29, 0.717) is 16.4 Å². The fourth-order valence-electron chi connectivity index (χ4n) is 2.54. The van der Waals surface area contributed by atoms with E-state index in [1.54, 1.807) is 24.3 Å². The molecule has 8 heteroatoms. The van der Waals surface area contributed by atoms with Crippen LogP contribution in [0.25, 0.3) is 0 Å². The maximum absolute atomic E-state index is 12.6. The Bertz CT molecular complexity index is 1030. The average molecular weight is 410 g/mol. The number of anilines is 2. The SMILES string of the molecule is CC(C)(C)c1ccc(C(=O)Nc2nccnc2C(=O)Nc2ccc(Cl)nc2)cc1. The smallest absolute Gasteiger partial charge is 0.278 e. The van der Waals surface area contributed by atoms with E-state index >= 15 is 0 Å². The largest absolute Gasteiger partial charge is 0.319 e. The number of halogens is 1. The molecule has 3 rings (SSSR count). The Labute approximate surface area is 173 Å². The molecule has 2 aromatic heterocycles. The van der Waals surface area contributed by atoms with E-state index in [9.17, 15) is 9.59 Å². The molecule has 0 aliphatic heterocycles. The lowest BCUT2D eigenvalue weighted by atomic mass is 9.87. The number of carbonyl (C=O) groups is 2. The number of nitrogens with one attached hydrogen (secondary N) is 2. The zero-order chi connectivity index (χ0) is 21.0. The summed E-state index contributed by atoms with van der Waals surface area (Å²) in [6.07, 6.45) is 4.20. The minimum atomic E-state index is -0.527. The zero-order valence-electron chi connectivity index (χ0n) is 16.2. The molecule has 0 radical (unpaired) electrons. The van der Waals surface area contributed by atoms with Gasteiger partial charge in [-0.05, 0) is 35.2 Å². The summed E-state index contributed by atoms with van der Waals surface area (Å²) in [6.45, 7) is 6.30. The minimum absolute atomic E-state index is 0.0119. The monoisotopic (exact) mass is 409 g/mol. The summed E-state index contributed by atoms with van der Waals surface area (Å²) in [5.41, 5.74) is 1.99. The standard InChI is InChI=1S/C21H20ClN5O2/c1-21(2,3)14-6-4-13(5-7-14)19(28)27-18-17(23-10-11-24-18)20(29)26-15-8-9-16(22)25-12-15/h4-12H,1-3H3,(H,26,29)(H,24,27,28). The molecule has 2 heterocycles. The van der Waals surface area contributed by atoms with Crippen molar-refractivity contribution in [2.45, 2.75) is 26.2 Å². The first-order valence-corrected chi connectivity index (χ1v) is 9.27. The first kappa shape index (κ1) is 20.4. The van der Waals surface area contributed by atoms with Gasteiger partial charge in [0, 0.05) is 18.0 Å². The van der Waals surface area contributed by atoms with Crippen LogP contribution >= 0.6 is 11.6 Å². The molecule has 1 aromatic carbocycles. The molecular formula is C21H20ClN5O2. The third-order valence-electron chi connectivity index (χ3n) is 4.14. The number of pyridine rings is 1. The Morgan fingerprint density at radius 1 is 0.862 bits per heavy atom. The maximum atomic E-state index is 12.6. The van der Waals surface area contributed by atoms with Crippen molar-refractivity contribution in [1.29, 1.82) is 0 Å². The first-order chi connectivity index (χ1) is 13.7. The third kappa shape index (κ3) is 5.14. The summed E-state index contributed by atoms with van der Waals surface area (Å²) in [7, 11) is 0. The van der Waals surface area contributed by atoms with Crippen LogP contribution in [-0.2, 0) is 5.41 Å². The highest BCUT2D eigenvalue weighted by Crippen LogP contribution is 2.22. The molecule has 0 fully saturated rings. The topological polar surface area (TPSA) is 96.9 Å². The molecule has 0 saturated heterocycles. The lowest BCUT2D eigenvalue weighted by Gasteiger charge is -2.19. The second-order valence-corrected chi connectivity index (χ2v) is 7.75. The number of rotatable bonds is 4. The van der Waals surface area contributed by atoms with Crippen molar-refractivity contribution >= 4 is 34.9 Å². The molecule has 0 atom stereocenters. The van der Waals surface area contributed by atoms with Crippen LogP contribution in [0.3, 0.4) is 0 Å². The van der Waals surface area contributed by atoms with Gasteiger partial charge >= 0.3 is 0 Å². The van der Waals surface area contributed by atoms with Crippen molar-refractivity contribution in [1.82, 2.24) is 15.0 Å². The van der Waals surface area contributed by atoms with Crippen LogP contribution in [0.4, 0.5) is 11.5 Å². The van der Waals surface area contributed by atoms with Gasteiger partial charge in [-0.1, -0.05) is 44.5 Å². The number of hydrogen-bond donors (Lipinski definition) is 2. The first-order valence-electron chi connectivity index (χ1n) is 8.90. The van der Waals surface area contributed by atoms with E-state index in [-0.39, 0.29) is 22.8 Å². The maximum Gasteiger partial charge on any atom is 0.278 e. The van der Waals surface area contributed by atoms with Gasteiger partial charge in [-0.2, -0.15) is 0 Å². The van der Waals surface area contributed by atoms with Crippen molar-refractivity contribution in [3.8, 4) is 0 Å². The van der Waals surface area contributed by atoms with Crippen molar-refractivity contribution < 1.29 is 9.59 Å². The summed E-state index contributed by atoms with van der Waals surface area (Å²) in [5, 5.41) is 5.61. The van der Waals surface area contributed by atoms with E-state index in [1.807, 2.05) is 12.1 Å². The van der Waals surface area contributed by atoms with E-state index in [4.69, 9.17) is 11.6 Å². The summed E-state index contributed by atoms with van der Waals surface area (Å²) < 4.78 is 0. The van der Waals surface area contributed by atoms with Gasteiger partial charge in [0.15, 0.2) is 11.5 Å². The Kier molecular flexibility index (Phi) is 5.89. The second-order valence-electron chi connectivity index (χ2n) is 7.36. The average Bonchev–Trinajstić information content (AvgIpc) is 2.69. The number of nitrogens with zero attached hydrogens (tertiary/aromatic N) is 3. The van der Waals surface area contributed by atoms with Crippen LogP contribution in [-0.4, -0.2) is 26.8 Å². The number of aromatic nitrogens is 3. The molecule has 148 valence electrons. The molecule has 0 unspecified atom stereocenters. The molecule has 2 amide bonds.